The molecule has 0 saturated heterocycles. The highest BCUT2D eigenvalue weighted by Crippen LogP contribution is 2.48. The van der Waals surface area contributed by atoms with Crippen molar-refractivity contribution < 1.29 is 78.3 Å². The average molecular weight is 1370 g/mol. The van der Waals surface area contributed by atoms with Crippen LogP contribution < -0.4 is 31.5 Å². The monoisotopic (exact) mass is 1370 g/mol. The van der Waals surface area contributed by atoms with Crippen LogP contribution in [0.4, 0.5) is 17.1 Å². The molecule has 0 saturated carbocycles. The number of oxime groups is 1. The molecule has 6 rings (SSSR count). The summed E-state index contributed by atoms with van der Waals surface area (Å²) in [5, 5.41) is 20.9. The third-order valence-corrected chi connectivity index (χ3v) is 17.1. The molecule has 27 nitrogen and oxygen atoms in total. The lowest BCUT2D eigenvalue weighted by Gasteiger charge is -2.25. The van der Waals surface area contributed by atoms with E-state index in [1.807, 2.05) is 65.0 Å². The molecular formula is C65H83N11O16S3. The summed E-state index contributed by atoms with van der Waals surface area (Å²) in [5.41, 5.74) is 13.1. The molecular weight excluding hydrogens is 1290 g/mol. The summed E-state index contributed by atoms with van der Waals surface area (Å²) >= 11 is 4.09. The first-order valence-electron chi connectivity index (χ1n) is 30.9. The molecule has 30 heteroatoms. The Kier molecular flexibility index (Phi) is 29.6. The second-order valence-electron chi connectivity index (χ2n) is 22.6. The van der Waals surface area contributed by atoms with Gasteiger partial charge in [0.2, 0.25) is 11.6 Å². The largest absolute Gasteiger partial charge is 0.744 e. The molecule has 2 aliphatic rings. The number of amides is 5. The number of thiol groups is 1. The van der Waals surface area contributed by atoms with Gasteiger partial charge in [-0.25, -0.2) is 8.42 Å². The van der Waals surface area contributed by atoms with Crippen molar-refractivity contribution in [2.24, 2.45) is 10.3 Å². The van der Waals surface area contributed by atoms with Crippen LogP contribution in [0.15, 0.2) is 135 Å². The van der Waals surface area contributed by atoms with Crippen LogP contribution in [0.3, 0.4) is 0 Å². The van der Waals surface area contributed by atoms with Crippen LogP contribution in [0.5, 0.6) is 0 Å². The second-order valence-corrected chi connectivity index (χ2v) is 25.9. The number of hydrogen-bond acceptors (Lipinski definition) is 19. The summed E-state index contributed by atoms with van der Waals surface area (Å²) in [6.07, 6.45) is 13.1. The average Bonchev–Trinajstić information content (AvgIpc) is 1.60. The van der Waals surface area contributed by atoms with E-state index in [-0.39, 0.29) is 111 Å². The summed E-state index contributed by atoms with van der Waals surface area (Å²) in [4.78, 5) is 74.6. The van der Waals surface area contributed by atoms with Crippen molar-refractivity contribution in [3.8, 4) is 0 Å². The van der Waals surface area contributed by atoms with E-state index in [9.17, 15) is 49.9 Å². The Balaban J connectivity index is 0.936. The molecule has 4 aromatic rings. The van der Waals surface area contributed by atoms with E-state index in [1.54, 1.807) is 36.4 Å². The van der Waals surface area contributed by atoms with Gasteiger partial charge in [0.25, 0.3) is 33.7 Å². The number of benzene rings is 4. The third kappa shape index (κ3) is 23.0. The zero-order valence-corrected chi connectivity index (χ0v) is 56.4. The van der Waals surface area contributed by atoms with Crippen LogP contribution in [0.1, 0.15) is 108 Å². The van der Waals surface area contributed by atoms with Crippen LogP contribution in [-0.2, 0) is 64.4 Å². The van der Waals surface area contributed by atoms with Crippen LogP contribution in [0, 0.1) is 0 Å². The van der Waals surface area contributed by atoms with Gasteiger partial charge in [0, 0.05) is 120 Å². The lowest BCUT2D eigenvalue weighted by molar-refractivity contribution is -0.438. The predicted octanol–water partition coefficient (Wildman–Crippen LogP) is 6.89. The number of fused-ring (bicyclic) bond motifs is 2. The summed E-state index contributed by atoms with van der Waals surface area (Å²) in [7, 11) is -9.13. The van der Waals surface area contributed by atoms with Crippen LogP contribution in [-0.4, -0.2) is 183 Å². The molecule has 6 N–H and O–H groups in total. The molecule has 2 aliphatic heterocycles. The summed E-state index contributed by atoms with van der Waals surface area (Å²) < 4.78 is 93.7. The maximum atomic E-state index is 13.2. The van der Waals surface area contributed by atoms with Crippen LogP contribution in [0.25, 0.3) is 10.4 Å². The fraction of sp³-hybridized carbons (Fsp3) is 0.431. The molecule has 0 unspecified atom stereocenters. The number of nitrogens with one attached hydrogen (secondary N) is 5. The normalized spacial score (nSPS) is 14.5. The van der Waals surface area contributed by atoms with Gasteiger partial charge in [-0.3, -0.25) is 28.5 Å². The molecule has 4 aromatic carbocycles. The number of ether oxygens (including phenoxy) is 4. The van der Waals surface area contributed by atoms with Gasteiger partial charge in [0.05, 0.1) is 74.3 Å². The van der Waals surface area contributed by atoms with Crippen molar-refractivity contribution >= 4 is 91.4 Å². The predicted molar refractivity (Wildman–Crippen MR) is 361 cm³/mol. The lowest BCUT2D eigenvalue weighted by Crippen LogP contribution is -2.34. The van der Waals surface area contributed by atoms with Gasteiger partial charge < -0.3 is 59.8 Å². The third-order valence-electron chi connectivity index (χ3n) is 15.2. The second kappa shape index (κ2) is 37.1. The minimum atomic E-state index is -4.65. The highest BCUT2D eigenvalue weighted by molar-refractivity contribution is 7.86. The quantitative estimate of drug-likeness (QED) is 0.00228. The SMILES string of the molecule is CCN1/C(=C/C=C/C=C/C2=[N+](CCCCCC(=O)NCCNC(=O)c3ccc(/C=N/OCC(=O)Nc4cc(C(=O)NCCOCCOCCS)cc(C(=O)NCCOCCOCCN=[N+]=[N-])c4)cc3)c3ccc(S(=O)(=O)O)cc3C2(C)C)C(C)(C)c2cc(S(=O)(=O)[O-])ccc21. The number of rotatable bonds is 40. The summed E-state index contributed by atoms with van der Waals surface area (Å²) in [5.74, 6) is -1.66. The number of hydrogen-bond donors (Lipinski definition) is 7. The van der Waals surface area contributed by atoms with E-state index < -0.39 is 55.4 Å². The molecule has 5 amide bonds. The van der Waals surface area contributed by atoms with Crippen molar-refractivity contribution in [2.45, 2.75) is 80.9 Å². The Morgan fingerprint density at radius 1 is 0.684 bits per heavy atom. The van der Waals surface area contributed by atoms with Gasteiger partial charge in [0.1, 0.15) is 16.7 Å². The molecule has 0 radical (unpaired) electrons. The summed E-state index contributed by atoms with van der Waals surface area (Å²) in [6.45, 7) is 13.7. The van der Waals surface area contributed by atoms with E-state index in [2.05, 4.69) is 63.9 Å². The minimum Gasteiger partial charge on any atom is -0.744 e. The first-order valence-corrected chi connectivity index (χ1v) is 34.3. The molecule has 0 atom stereocenters. The number of carbonyl (C=O) groups excluding carboxylic acids is 5. The molecule has 0 spiro atoms. The van der Waals surface area contributed by atoms with Gasteiger partial charge in [-0.15, -0.1) is 0 Å². The van der Waals surface area contributed by atoms with E-state index in [0.29, 0.717) is 69.1 Å². The highest BCUT2D eigenvalue weighted by atomic mass is 32.2. The number of likely N-dealkylation sites (N-methyl/N-ethyl adjacent to an activating group) is 1. The molecule has 0 bridgehead atoms. The highest BCUT2D eigenvalue weighted by Gasteiger charge is 2.45. The van der Waals surface area contributed by atoms with Gasteiger partial charge in [-0.1, -0.05) is 54.5 Å². The molecule has 2 heterocycles. The van der Waals surface area contributed by atoms with Gasteiger partial charge in [-0.05, 0) is 117 Å². The van der Waals surface area contributed by atoms with Crippen molar-refractivity contribution in [1.29, 1.82) is 0 Å². The fourth-order valence-electron chi connectivity index (χ4n) is 10.5. The first kappa shape index (κ1) is 75.7. The van der Waals surface area contributed by atoms with E-state index in [1.165, 1.54) is 48.7 Å². The smallest absolute Gasteiger partial charge is 0.294 e. The number of azide groups is 1. The van der Waals surface area contributed by atoms with Crippen molar-refractivity contribution in [3.05, 3.63) is 159 Å². The fourth-order valence-corrected chi connectivity index (χ4v) is 11.6. The number of carbonyl (C=O) groups is 5. The Morgan fingerprint density at radius 2 is 1.29 bits per heavy atom. The Labute approximate surface area is 559 Å². The van der Waals surface area contributed by atoms with Crippen molar-refractivity contribution in [2.75, 3.05) is 121 Å². The molecule has 95 heavy (non-hydrogen) atoms. The molecule has 0 aromatic heterocycles. The Bertz CT molecular complexity index is 3790. The van der Waals surface area contributed by atoms with Gasteiger partial charge >= 0.3 is 0 Å². The zero-order valence-electron chi connectivity index (χ0n) is 53.8. The molecule has 0 fully saturated rings. The Morgan fingerprint density at radius 3 is 1.93 bits per heavy atom. The number of nitrogens with zero attached hydrogens (tertiary/aromatic N) is 6. The topological polar surface area (TPSA) is 371 Å². The number of allylic oxidation sites excluding steroid dienone is 6. The van der Waals surface area contributed by atoms with Crippen LogP contribution in [0.2, 0.25) is 0 Å². The maximum Gasteiger partial charge on any atom is 0.294 e. The number of unbranched alkanes of at least 4 members (excludes halogenated alkanes) is 2. The zero-order chi connectivity index (χ0) is 69.0. The maximum absolute atomic E-state index is 13.2. The van der Waals surface area contributed by atoms with Gasteiger partial charge in [0.15, 0.2) is 12.3 Å². The van der Waals surface area contributed by atoms with Crippen molar-refractivity contribution in [3.63, 3.8) is 0 Å². The number of anilines is 2. The van der Waals surface area contributed by atoms with E-state index >= 15 is 0 Å². The summed E-state index contributed by atoms with van der Waals surface area (Å²) in [6, 6.07) is 19.6. The van der Waals surface area contributed by atoms with E-state index in [0.717, 1.165) is 33.9 Å². The standard InChI is InChI=1S/C65H83N11O16S3/c1-6-75-55-22-20-51(94(82,83)84)42-53(55)64(2,3)57(75)13-9-7-10-14-58-65(4,5)54-43-52(95(85,86)87)21-23-56(54)76(58)29-12-8-11-15-59(77)67-24-25-68-61(79)47-18-16-46(17-19-47)44-72-92-45-60(78)73-50-40-48(62(80)69-26-30-88-33-34-90-32-28-71-74-66)39-49(41-50)63(81)70-27-31-89-35-36-91-37-38-93/h7,9-10,13-14,16-23,39-44H,6,8,11-12,15,24-38,45H2,1-5H3,(H7-,67,68,69,70,73,77,78,79,80,81,82,83,84,85,86,87,93)/b72-44+. The van der Waals surface area contributed by atoms with E-state index in [4.69, 9.17) is 29.3 Å². The minimum absolute atomic E-state index is 0.0835. The lowest BCUT2D eigenvalue weighted by atomic mass is 9.81. The van der Waals surface area contributed by atoms with Gasteiger partial charge in [-0.2, -0.15) is 25.6 Å². The van der Waals surface area contributed by atoms with Crippen molar-refractivity contribution in [1.82, 2.24) is 21.3 Å². The van der Waals surface area contributed by atoms with Crippen LogP contribution >= 0.6 is 12.6 Å². The molecule has 512 valence electrons. The Hall–Kier alpha value is -8.29. The first-order chi connectivity index (χ1) is 45.4. The molecule has 0 aliphatic carbocycles.